The van der Waals surface area contributed by atoms with Gasteiger partial charge in [0.15, 0.2) is 17.6 Å². The van der Waals surface area contributed by atoms with Crippen molar-refractivity contribution in [3.05, 3.63) is 120 Å². The largest absolute Gasteiger partial charge is 0.490 e. The normalized spacial score (nSPS) is 20.1. The van der Waals surface area contributed by atoms with Crippen LogP contribution in [-0.4, -0.2) is 24.5 Å². The smallest absolute Gasteiger partial charge is 0.266 e. The Kier molecular flexibility index (Phi) is 6.92. The minimum Gasteiger partial charge on any atom is -0.490 e. The Bertz CT molecular complexity index is 1530. The summed E-state index contributed by atoms with van der Waals surface area (Å²) in [7, 11) is 0. The maximum absolute atomic E-state index is 14.7. The maximum atomic E-state index is 14.7. The Morgan fingerprint density at radius 1 is 0.800 bits per heavy atom. The van der Waals surface area contributed by atoms with Crippen LogP contribution in [0.1, 0.15) is 24.1 Å². The molecule has 0 bridgehead atoms. The van der Waals surface area contributed by atoms with Crippen LogP contribution in [0.3, 0.4) is 0 Å². The number of hydrogen-bond donors (Lipinski definition) is 0. The van der Waals surface area contributed by atoms with Gasteiger partial charge >= 0.3 is 0 Å². The van der Waals surface area contributed by atoms with Crippen molar-refractivity contribution in [1.82, 2.24) is 0 Å². The molecule has 8 heteroatoms. The molecule has 6 rings (SSSR count). The van der Waals surface area contributed by atoms with Crippen LogP contribution in [0, 0.1) is 11.7 Å². The van der Waals surface area contributed by atoms with E-state index < -0.39 is 35.7 Å². The minimum atomic E-state index is -1.11. The molecule has 7 nitrogen and oxygen atoms in total. The first-order valence-corrected chi connectivity index (χ1v) is 13.1. The lowest BCUT2D eigenvalue weighted by Crippen LogP contribution is -2.37. The highest BCUT2D eigenvalue weighted by Crippen LogP contribution is 2.49. The van der Waals surface area contributed by atoms with E-state index in [9.17, 15) is 14.0 Å². The van der Waals surface area contributed by atoms with E-state index in [-0.39, 0.29) is 5.69 Å². The van der Waals surface area contributed by atoms with E-state index in [0.29, 0.717) is 36.0 Å². The molecule has 0 aliphatic carbocycles. The monoisotopic (exact) mass is 538 g/mol. The summed E-state index contributed by atoms with van der Waals surface area (Å²) in [6, 6.07) is 29.6. The lowest BCUT2D eigenvalue weighted by Gasteiger charge is -2.29. The van der Waals surface area contributed by atoms with Gasteiger partial charge in [-0.15, -0.1) is 0 Å². The van der Waals surface area contributed by atoms with E-state index in [2.05, 4.69) is 0 Å². The lowest BCUT2D eigenvalue weighted by molar-refractivity contribution is -0.126. The first kappa shape index (κ1) is 25.6. The molecule has 2 fully saturated rings. The second-order valence-electron chi connectivity index (χ2n) is 9.53. The van der Waals surface area contributed by atoms with Crippen LogP contribution in [0.5, 0.6) is 11.5 Å². The molecular weight excluding hydrogens is 511 g/mol. The van der Waals surface area contributed by atoms with Crippen molar-refractivity contribution in [2.45, 2.75) is 25.7 Å². The second-order valence-corrected chi connectivity index (χ2v) is 9.53. The van der Waals surface area contributed by atoms with Gasteiger partial charge in [-0.2, -0.15) is 0 Å². The molecule has 2 heterocycles. The summed E-state index contributed by atoms with van der Waals surface area (Å²) in [5, 5.41) is 1.60. The molecule has 0 unspecified atom stereocenters. The van der Waals surface area contributed by atoms with Gasteiger partial charge in [-0.3, -0.25) is 14.4 Å². The molecular formula is C32H27FN2O5. The van der Waals surface area contributed by atoms with Gasteiger partial charge < -0.3 is 9.47 Å². The molecule has 2 amide bonds. The molecule has 2 aliphatic heterocycles. The average molecular weight is 539 g/mol. The van der Waals surface area contributed by atoms with E-state index in [1.165, 1.54) is 18.2 Å². The van der Waals surface area contributed by atoms with Crippen LogP contribution in [0.15, 0.2) is 103 Å². The predicted molar refractivity (Wildman–Crippen MR) is 147 cm³/mol. The Morgan fingerprint density at radius 3 is 2.23 bits per heavy atom. The van der Waals surface area contributed by atoms with Crippen molar-refractivity contribution in [3.63, 3.8) is 0 Å². The van der Waals surface area contributed by atoms with Crippen molar-refractivity contribution in [2.24, 2.45) is 5.92 Å². The molecule has 0 spiro atoms. The van der Waals surface area contributed by atoms with Gasteiger partial charge in [0, 0.05) is 0 Å². The number of anilines is 2. The number of rotatable bonds is 8. The maximum Gasteiger partial charge on any atom is 0.266 e. The first-order chi connectivity index (χ1) is 19.6. The van der Waals surface area contributed by atoms with Crippen LogP contribution < -0.4 is 19.4 Å². The highest BCUT2D eigenvalue weighted by molar-refractivity contribution is 6.24. The number of hydroxylamine groups is 1. The number of imide groups is 1. The number of para-hydroxylation sites is 2. The van der Waals surface area contributed by atoms with Crippen molar-refractivity contribution in [3.8, 4) is 11.5 Å². The molecule has 4 aromatic carbocycles. The summed E-state index contributed by atoms with van der Waals surface area (Å²) in [4.78, 5) is 34.4. The summed E-state index contributed by atoms with van der Waals surface area (Å²) in [6.07, 6.45) is -1.11. The number of hydrogen-bond acceptors (Lipinski definition) is 6. The Morgan fingerprint density at radius 2 is 1.50 bits per heavy atom. The lowest BCUT2D eigenvalue weighted by atomic mass is 9.90. The highest BCUT2D eigenvalue weighted by Gasteiger charge is 2.60. The van der Waals surface area contributed by atoms with E-state index in [4.69, 9.17) is 14.3 Å². The van der Waals surface area contributed by atoms with Gasteiger partial charge in [-0.1, -0.05) is 66.7 Å². The molecule has 2 aliphatic rings. The molecule has 2 saturated heterocycles. The number of fused-ring (bicyclic) bond motifs is 1. The number of amides is 2. The number of nitrogens with zero attached hydrogens (tertiary/aromatic N) is 2. The minimum absolute atomic E-state index is 0.0832. The van der Waals surface area contributed by atoms with Crippen LogP contribution in [0.25, 0.3) is 0 Å². The molecule has 3 atom stereocenters. The molecule has 202 valence electrons. The van der Waals surface area contributed by atoms with Gasteiger partial charge in [0.25, 0.3) is 5.91 Å². The van der Waals surface area contributed by atoms with Crippen LogP contribution in [-0.2, 0) is 21.0 Å². The van der Waals surface area contributed by atoms with E-state index in [1.54, 1.807) is 17.2 Å². The second kappa shape index (κ2) is 10.8. The average Bonchev–Trinajstić information content (AvgIpc) is 3.49. The molecule has 0 aromatic heterocycles. The molecule has 40 heavy (non-hydrogen) atoms. The quantitative estimate of drug-likeness (QED) is 0.262. The summed E-state index contributed by atoms with van der Waals surface area (Å²) in [6.45, 7) is 2.64. The predicted octanol–water partition coefficient (Wildman–Crippen LogP) is 5.85. The summed E-state index contributed by atoms with van der Waals surface area (Å²) in [5.41, 5.74) is 2.31. The van der Waals surface area contributed by atoms with E-state index in [1.807, 2.05) is 79.7 Å². The Balaban J connectivity index is 1.38. The fourth-order valence-electron chi connectivity index (χ4n) is 5.25. The molecule has 0 saturated carbocycles. The van der Waals surface area contributed by atoms with Gasteiger partial charge in [0.2, 0.25) is 5.91 Å². The fourth-order valence-corrected chi connectivity index (χ4v) is 5.25. The third-order valence-electron chi connectivity index (χ3n) is 7.07. The van der Waals surface area contributed by atoms with Crippen LogP contribution in [0.2, 0.25) is 0 Å². The summed E-state index contributed by atoms with van der Waals surface area (Å²) in [5.74, 6) is -1.62. The topological polar surface area (TPSA) is 68.3 Å². The summed E-state index contributed by atoms with van der Waals surface area (Å²) < 4.78 is 26.7. The van der Waals surface area contributed by atoms with Crippen molar-refractivity contribution >= 4 is 23.2 Å². The van der Waals surface area contributed by atoms with E-state index >= 15 is 0 Å². The van der Waals surface area contributed by atoms with Crippen molar-refractivity contribution in [2.75, 3.05) is 16.6 Å². The standard InChI is InChI=1S/C32H27FN2O5/c1-2-38-27-19-22(17-18-26(27)39-20-21-11-5-3-6-12-21)29-28-30(40-35(29)23-13-7-4-8-14-23)32(37)34(31(28)36)25-16-10-9-15-24(25)33/h3-19,28-30H,2,20H2,1H3/t28-,29-,30+/m1/s1. The number of benzene rings is 4. The molecule has 0 N–H and O–H groups in total. The Hall–Kier alpha value is -4.69. The number of carbonyl (C=O) groups is 2. The number of carbonyl (C=O) groups excluding carboxylic acids is 2. The zero-order valence-corrected chi connectivity index (χ0v) is 21.8. The van der Waals surface area contributed by atoms with Gasteiger partial charge in [-0.05, 0) is 54.4 Å². The van der Waals surface area contributed by atoms with E-state index in [0.717, 1.165) is 10.5 Å². The van der Waals surface area contributed by atoms with Gasteiger partial charge in [0.05, 0.1) is 24.0 Å². The zero-order chi connectivity index (χ0) is 27.6. The van der Waals surface area contributed by atoms with Crippen molar-refractivity contribution < 1.29 is 28.3 Å². The van der Waals surface area contributed by atoms with Crippen LogP contribution >= 0.6 is 0 Å². The third-order valence-corrected chi connectivity index (χ3v) is 7.07. The number of halogens is 1. The molecule has 0 radical (unpaired) electrons. The summed E-state index contributed by atoms with van der Waals surface area (Å²) >= 11 is 0. The fraction of sp³-hybridized carbons (Fsp3) is 0.188. The Labute approximate surface area is 231 Å². The first-order valence-electron chi connectivity index (χ1n) is 13.1. The molecule has 4 aromatic rings. The number of ether oxygens (including phenoxy) is 2. The van der Waals surface area contributed by atoms with Crippen molar-refractivity contribution in [1.29, 1.82) is 0 Å². The van der Waals surface area contributed by atoms with Crippen LogP contribution in [0.4, 0.5) is 15.8 Å². The van der Waals surface area contributed by atoms with Gasteiger partial charge in [-0.25, -0.2) is 14.4 Å². The zero-order valence-electron chi connectivity index (χ0n) is 21.8. The SMILES string of the molecule is CCOc1cc([C@@H]2[C@H]3C(=O)N(c4ccccc4F)C(=O)[C@H]3ON2c2ccccc2)ccc1OCc1ccccc1. The highest BCUT2D eigenvalue weighted by atomic mass is 19.1. The third kappa shape index (κ3) is 4.56. The van der Waals surface area contributed by atoms with Gasteiger partial charge in [0.1, 0.15) is 18.3 Å².